The van der Waals surface area contributed by atoms with Gasteiger partial charge in [-0.25, -0.2) is 0 Å². The molecule has 0 bridgehead atoms. The van der Waals surface area contributed by atoms with E-state index in [0.717, 1.165) is 5.02 Å². The Balaban J connectivity index is 2.53. The van der Waals surface area contributed by atoms with E-state index < -0.39 is 28.5 Å². The monoisotopic (exact) mass is 243 g/mol. The zero-order chi connectivity index (χ0) is 10.6. The minimum absolute atomic E-state index is 0.574. The zero-order valence-electron chi connectivity index (χ0n) is 8.53. The molecule has 4 heteroatoms. The van der Waals surface area contributed by atoms with Gasteiger partial charge in [0, 0.05) is 0 Å². The van der Waals surface area contributed by atoms with Crippen LogP contribution in [0.2, 0.25) is 5.02 Å². The number of carbonyl (C=O) groups is 1. The second-order valence-corrected chi connectivity index (χ2v) is 7.86. The minimum atomic E-state index is -0.942. The van der Waals surface area contributed by atoms with Crippen molar-refractivity contribution in [3.8, 4) is 0 Å². The van der Waals surface area contributed by atoms with E-state index in [-0.39, 0.29) is 0 Å². The number of nitrogens with zero attached hydrogens (tertiary/aromatic N) is 1. The molecule has 0 aromatic carbocycles. The van der Waals surface area contributed by atoms with E-state index in [9.17, 15) is 4.79 Å². The van der Waals surface area contributed by atoms with Crippen LogP contribution < -0.4 is 4.16 Å². The van der Waals surface area contributed by atoms with Crippen molar-refractivity contribution in [2.24, 2.45) is 5.41 Å². The van der Waals surface area contributed by atoms with Crippen LogP contribution in [-0.2, 0) is 21.9 Å². The number of hydrogen-bond donors (Lipinski definition) is 1. The first-order chi connectivity index (χ1) is 6.52. The van der Waals surface area contributed by atoms with Crippen molar-refractivity contribution < 1.29 is 27.0 Å². The number of carboxylic acid groups (broad SMARTS) is 1. The van der Waals surface area contributed by atoms with Gasteiger partial charge < -0.3 is 0 Å². The van der Waals surface area contributed by atoms with Crippen LogP contribution in [0, 0.1) is 5.41 Å². The molecule has 72 valence electrons. The van der Waals surface area contributed by atoms with E-state index in [1.807, 2.05) is 18.3 Å². The van der Waals surface area contributed by atoms with Crippen LogP contribution in [0.5, 0.6) is 0 Å². The van der Waals surface area contributed by atoms with Crippen LogP contribution in [0.25, 0.3) is 0 Å². The fourth-order valence-corrected chi connectivity index (χ4v) is 4.60. The van der Waals surface area contributed by atoms with Gasteiger partial charge in [0.05, 0.1) is 0 Å². The summed E-state index contributed by atoms with van der Waals surface area (Å²) >= 11 is -0.942. The van der Waals surface area contributed by atoms with Gasteiger partial charge in [-0.3, -0.25) is 0 Å². The molecule has 1 heterocycles. The fraction of sp³-hybridized carbons (Fsp3) is 0.400. The molecule has 0 aliphatic heterocycles. The number of carboxylic acids is 1. The quantitative estimate of drug-likeness (QED) is 0.813. The second kappa shape index (κ2) is 4.65. The van der Waals surface area contributed by atoms with Gasteiger partial charge in [-0.1, -0.05) is 0 Å². The van der Waals surface area contributed by atoms with Crippen molar-refractivity contribution in [2.75, 3.05) is 0 Å². The molecule has 1 N–H and O–H groups in total. The molecule has 0 spiro atoms. The third kappa shape index (κ3) is 3.19. The standard InChI is InChI=1S/C5H4N.C5H9O2.Zn/c1-2-4-6-5-3-1;1-5(2,3)4(6)7;/h1-2,4-5H;1H2,2-3H3,(H,6,7);. The number of hydrogen-bond acceptors (Lipinski definition) is 2. The van der Waals surface area contributed by atoms with Crippen molar-refractivity contribution in [1.82, 2.24) is 4.98 Å². The van der Waals surface area contributed by atoms with Gasteiger partial charge in [0.2, 0.25) is 0 Å². The molecule has 0 aliphatic carbocycles. The third-order valence-electron chi connectivity index (χ3n) is 2.34. The van der Waals surface area contributed by atoms with Gasteiger partial charge >= 0.3 is 90.9 Å². The Morgan fingerprint density at radius 1 is 1.64 bits per heavy atom. The molecule has 0 atom stereocenters. The van der Waals surface area contributed by atoms with Crippen LogP contribution in [0.1, 0.15) is 13.8 Å². The summed E-state index contributed by atoms with van der Waals surface area (Å²) in [6, 6.07) is 3.96. The van der Waals surface area contributed by atoms with Crippen LogP contribution in [0.4, 0.5) is 0 Å². The second-order valence-electron chi connectivity index (χ2n) is 4.05. The Labute approximate surface area is 91.2 Å². The average Bonchev–Trinajstić information content (AvgIpc) is 2.16. The predicted molar refractivity (Wildman–Crippen MR) is 50.1 cm³/mol. The molecule has 0 aliphatic rings. The van der Waals surface area contributed by atoms with E-state index in [0.29, 0.717) is 0 Å². The van der Waals surface area contributed by atoms with Gasteiger partial charge in [0.1, 0.15) is 0 Å². The molecular formula is C10H13NO2Zn. The molecule has 14 heavy (non-hydrogen) atoms. The van der Waals surface area contributed by atoms with Gasteiger partial charge in [0.25, 0.3) is 0 Å². The third-order valence-corrected chi connectivity index (χ3v) is 7.58. The normalized spacial score (nSPS) is 10.7. The molecule has 0 saturated carbocycles. The first kappa shape index (κ1) is 11.3. The summed E-state index contributed by atoms with van der Waals surface area (Å²) in [6.45, 7) is 3.58. The van der Waals surface area contributed by atoms with Gasteiger partial charge in [-0.2, -0.15) is 0 Å². The molecule has 0 saturated heterocycles. The summed E-state index contributed by atoms with van der Waals surface area (Å²) in [7, 11) is 0. The Hall–Kier alpha value is -0.757. The summed E-state index contributed by atoms with van der Waals surface area (Å²) in [5.74, 6) is -0.702. The Morgan fingerprint density at radius 3 is 2.86 bits per heavy atom. The SMILES string of the molecule is CC(C)([CH2][Zn][c]1cccnc1)C(=O)O. The number of aromatic nitrogens is 1. The molecule has 1 aromatic heterocycles. The topological polar surface area (TPSA) is 50.2 Å². The fourth-order valence-electron chi connectivity index (χ4n) is 1.11. The van der Waals surface area contributed by atoms with E-state index in [4.69, 9.17) is 5.11 Å². The Morgan fingerprint density at radius 2 is 2.36 bits per heavy atom. The summed E-state index contributed by atoms with van der Waals surface area (Å²) in [5, 5.41) is 9.75. The summed E-state index contributed by atoms with van der Waals surface area (Å²) < 4.78 is 1.27. The van der Waals surface area contributed by atoms with E-state index in [1.165, 1.54) is 4.16 Å². The van der Waals surface area contributed by atoms with Crippen LogP contribution >= 0.6 is 0 Å². The van der Waals surface area contributed by atoms with Gasteiger partial charge in [-0.15, -0.1) is 0 Å². The van der Waals surface area contributed by atoms with Crippen LogP contribution in [-0.4, -0.2) is 16.1 Å². The Kier molecular flexibility index (Phi) is 3.76. The van der Waals surface area contributed by atoms with E-state index in [2.05, 4.69) is 4.98 Å². The first-order valence-corrected chi connectivity index (χ1v) is 8.23. The summed E-state index contributed by atoms with van der Waals surface area (Å²) in [4.78, 5) is 14.9. The predicted octanol–water partition coefficient (Wildman–Crippen LogP) is 1.32. The average molecular weight is 245 g/mol. The number of pyridine rings is 1. The maximum atomic E-state index is 10.9. The summed E-state index contributed by atoms with van der Waals surface area (Å²) in [6.07, 6.45) is 3.60. The van der Waals surface area contributed by atoms with Crippen LogP contribution in [0.3, 0.4) is 0 Å². The molecule has 1 aromatic rings. The maximum absolute atomic E-state index is 10.9. The van der Waals surface area contributed by atoms with Crippen molar-refractivity contribution in [1.29, 1.82) is 0 Å². The molecule has 1 rings (SSSR count). The molecular weight excluding hydrogens is 232 g/mol. The van der Waals surface area contributed by atoms with E-state index >= 15 is 0 Å². The first-order valence-electron chi connectivity index (χ1n) is 4.65. The molecule has 0 unspecified atom stereocenters. The summed E-state index contributed by atoms with van der Waals surface area (Å²) in [5.41, 5.74) is -0.574. The Bertz CT molecular complexity index is 311. The molecule has 3 nitrogen and oxygen atoms in total. The van der Waals surface area contributed by atoms with Crippen molar-refractivity contribution >= 4 is 10.1 Å². The van der Waals surface area contributed by atoms with Crippen molar-refractivity contribution in [3.63, 3.8) is 0 Å². The number of rotatable bonds is 4. The van der Waals surface area contributed by atoms with Crippen LogP contribution in [0.15, 0.2) is 24.5 Å². The molecule has 0 fully saturated rings. The van der Waals surface area contributed by atoms with Gasteiger partial charge in [0.15, 0.2) is 0 Å². The van der Waals surface area contributed by atoms with Crippen molar-refractivity contribution in [3.05, 3.63) is 24.5 Å². The molecule has 0 amide bonds. The van der Waals surface area contributed by atoms with Crippen molar-refractivity contribution in [2.45, 2.75) is 18.9 Å². The molecule has 0 radical (unpaired) electrons. The number of aliphatic carboxylic acids is 1. The van der Waals surface area contributed by atoms with E-state index in [1.54, 1.807) is 20.0 Å². The zero-order valence-corrected chi connectivity index (χ0v) is 11.5. The van der Waals surface area contributed by atoms with Gasteiger partial charge in [-0.05, 0) is 0 Å².